The molecule has 138 valence electrons. The molecule has 3 aromatic rings. The molecule has 1 N–H and O–H groups in total. The maximum atomic E-state index is 13.0. The fourth-order valence-electron chi connectivity index (χ4n) is 2.39. The lowest BCUT2D eigenvalue weighted by molar-refractivity contribution is -0.385. The number of rotatable bonds is 6. The highest BCUT2D eigenvalue weighted by Crippen LogP contribution is 2.28. The van der Waals surface area contributed by atoms with Gasteiger partial charge in [-0.1, -0.05) is 12.1 Å². The number of amides is 1. The topological polar surface area (TPSA) is 94.4 Å². The van der Waals surface area contributed by atoms with E-state index >= 15 is 0 Å². The normalized spacial score (nSPS) is 10.4. The van der Waals surface area contributed by atoms with Gasteiger partial charge in [0.15, 0.2) is 10.9 Å². The van der Waals surface area contributed by atoms with Gasteiger partial charge in [0.25, 0.3) is 5.91 Å². The first-order valence-electron chi connectivity index (χ1n) is 7.79. The first-order chi connectivity index (χ1) is 13.0. The predicted octanol–water partition coefficient (Wildman–Crippen LogP) is 4.04. The maximum absolute atomic E-state index is 13.0. The van der Waals surface area contributed by atoms with E-state index in [-0.39, 0.29) is 22.8 Å². The number of carbonyl (C=O) groups excluding carboxylic acids is 1. The van der Waals surface area contributed by atoms with E-state index in [9.17, 15) is 19.3 Å². The Morgan fingerprint density at radius 1 is 1.30 bits per heavy atom. The third kappa shape index (κ3) is 4.45. The standard InChI is InChI=1S/C18H14FN3O4S/c1-26-16-7-4-12(9-15(16)22(24)25)17(23)21-18-20-10-14(27-18)8-11-2-5-13(19)6-3-11/h2-7,9-10H,8H2,1H3,(H,20,21,23). The number of carbonyl (C=O) groups is 1. The molecule has 0 bridgehead atoms. The van der Waals surface area contributed by atoms with Gasteiger partial charge in [-0.15, -0.1) is 11.3 Å². The molecule has 1 heterocycles. The third-order valence-corrected chi connectivity index (χ3v) is 4.62. The van der Waals surface area contributed by atoms with Crippen molar-refractivity contribution in [3.8, 4) is 5.75 Å². The van der Waals surface area contributed by atoms with Crippen molar-refractivity contribution >= 4 is 28.1 Å². The van der Waals surface area contributed by atoms with Crippen LogP contribution in [0.4, 0.5) is 15.2 Å². The summed E-state index contributed by atoms with van der Waals surface area (Å²) in [5.74, 6) is -0.736. The molecule has 1 aromatic heterocycles. The summed E-state index contributed by atoms with van der Waals surface area (Å²) in [6, 6.07) is 10.1. The fraction of sp³-hybridized carbons (Fsp3) is 0.111. The average molecular weight is 387 g/mol. The van der Waals surface area contributed by atoms with E-state index in [2.05, 4.69) is 10.3 Å². The van der Waals surface area contributed by atoms with Crippen LogP contribution >= 0.6 is 11.3 Å². The number of methoxy groups -OCH3 is 1. The Hall–Kier alpha value is -3.33. The van der Waals surface area contributed by atoms with Crippen LogP contribution < -0.4 is 10.1 Å². The minimum Gasteiger partial charge on any atom is -0.490 e. The van der Waals surface area contributed by atoms with E-state index in [0.717, 1.165) is 16.5 Å². The second-order valence-electron chi connectivity index (χ2n) is 5.53. The number of benzene rings is 2. The minimum atomic E-state index is -0.611. The Bertz CT molecular complexity index is 989. The molecule has 0 aliphatic heterocycles. The predicted molar refractivity (Wildman–Crippen MR) is 98.9 cm³/mol. The zero-order valence-corrected chi connectivity index (χ0v) is 15.0. The van der Waals surface area contributed by atoms with Crippen LogP contribution in [0.25, 0.3) is 0 Å². The van der Waals surface area contributed by atoms with E-state index < -0.39 is 10.8 Å². The first kappa shape index (κ1) is 18.5. The fourth-order valence-corrected chi connectivity index (χ4v) is 3.24. The number of halogens is 1. The lowest BCUT2D eigenvalue weighted by atomic mass is 10.1. The molecule has 0 radical (unpaired) electrons. The van der Waals surface area contributed by atoms with Crippen molar-refractivity contribution in [2.45, 2.75) is 6.42 Å². The Labute approximate surface area is 157 Å². The van der Waals surface area contributed by atoms with Crippen molar-refractivity contribution in [3.63, 3.8) is 0 Å². The van der Waals surface area contributed by atoms with Gasteiger partial charge in [0.1, 0.15) is 5.82 Å². The van der Waals surface area contributed by atoms with Gasteiger partial charge in [0.05, 0.1) is 12.0 Å². The van der Waals surface area contributed by atoms with Crippen molar-refractivity contribution < 1.29 is 18.8 Å². The van der Waals surface area contributed by atoms with Crippen LogP contribution in [-0.4, -0.2) is 22.9 Å². The van der Waals surface area contributed by atoms with Crippen molar-refractivity contribution in [1.29, 1.82) is 0 Å². The highest BCUT2D eigenvalue weighted by molar-refractivity contribution is 7.15. The van der Waals surface area contributed by atoms with Gasteiger partial charge < -0.3 is 4.74 Å². The highest BCUT2D eigenvalue weighted by Gasteiger charge is 2.19. The average Bonchev–Trinajstić information content (AvgIpc) is 3.09. The largest absolute Gasteiger partial charge is 0.490 e. The van der Waals surface area contributed by atoms with E-state index in [1.54, 1.807) is 18.3 Å². The molecule has 0 aliphatic carbocycles. The third-order valence-electron chi connectivity index (χ3n) is 3.70. The molecule has 1 amide bonds. The van der Waals surface area contributed by atoms with Gasteiger partial charge in [-0.3, -0.25) is 20.2 Å². The Kier molecular flexibility index (Phi) is 5.41. The molecular formula is C18H14FN3O4S. The van der Waals surface area contributed by atoms with Crippen LogP contribution in [0.5, 0.6) is 5.75 Å². The number of nitrogens with one attached hydrogen (secondary N) is 1. The molecule has 0 aliphatic rings. The number of anilines is 1. The monoisotopic (exact) mass is 387 g/mol. The van der Waals surface area contributed by atoms with Crippen molar-refractivity contribution in [1.82, 2.24) is 4.98 Å². The van der Waals surface area contributed by atoms with Crippen molar-refractivity contribution in [2.24, 2.45) is 0 Å². The van der Waals surface area contributed by atoms with Crippen molar-refractivity contribution in [3.05, 3.63) is 80.6 Å². The van der Waals surface area contributed by atoms with Crippen LogP contribution in [-0.2, 0) is 6.42 Å². The zero-order chi connectivity index (χ0) is 19.4. The van der Waals surface area contributed by atoms with Crippen LogP contribution in [0.1, 0.15) is 20.8 Å². The molecule has 3 rings (SSSR count). The molecular weight excluding hydrogens is 373 g/mol. The number of thiazole rings is 1. The van der Waals surface area contributed by atoms with Crippen molar-refractivity contribution in [2.75, 3.05) is 12.4 Å². The molecule has 0 spiro atoms. The van der Waals surface area contributed by atoms with Gasteiger partial charge in [0.2, 0.25) is 0 Å². The molecule has 7 nitrogen and oxygen atoms in total. The van der Waals surface area contributed by atoms with Gasteiger partial charge in [-0.05, 0) is 29.8 Å². The van der Waals surface area contributed by atoms with E-state index in [1.165, 1.54) is 42.7 Å². The van der Waals surface area contributed by atoms with Gasteiger partial charge in [-0.25, -0.2) is 9.37 Å². The Balaban J connectivity index is 1.71. The quantitative estimate of drug-likeness (QED) is 0.509. The summed E-state index contributed by atoms with van der Waals surface area (Å²) in [6.07, 6.45) is 2.18. The van der Waals surface area contributed by atoms with E-state index in [1.807, 2.05) is 0 Å². The number of hydrogen-bond acceptors (Lipinski definition) is 6. The van der Waals surface area contributed by atoms with E-state index in [0.29, 0.717) is 11.6 Å². The summed E-state index contributed by atoms with van der Waals surface area (Å²) in [7, 11) is 1.32. The summed E-state index contributed by atoms with van der Waals surface area (Å²) >= 11 is 1.28. The first-order valence-corrected chi connectivity index (χ1v) is 8.61. The summed E-state index contributed by atoms with van der Waals surface area (Å²) < 4.78 is 17.9. The Morgan fingerprint density at radius 2 is 2.04 bits per heavy atom. The summed E-state index contributed by atoms with van der Waals surface area (Å²) in [5.41, 5.74) is 0.753. The second-order valence-corrected chi connectivity index (χ2v) is 6.65. The van der Waals surface area contributed by atoms with E-state index in [4.69, 9.17) is 4.74 Å². The van der Waals surface area contributed by atoms with Gasteiger partial charge in [0, 0.05) is 29.1 Å². The number of nitro benzene ring substituents is 1. The smallest absolute Gasteiger partial charge is 0.311 e. The number of aromatic nitrogens is 1. The number of ether oxygens (including phenoxy) is 1. The molecule has 2 aromatic carbocycles. The highest BCUT2D eigenvalue weighted by atomic mass is 32.1. The SMILES string of the molecule is COc1ccc(C(=O)Nc2ncc(Cc3ccc(F)cc3)s2)cc1[N+](=O)[O-]. The molecule has 0 saturated heterocycles. The number of hydrogen-bond donors (Lipinski definition) is 1. The number of nitrogens with zero attached hydrogens (tertiary/aromatic N) is 2. The zero-order valence-electron chi connectivity index (χ0n) is 14.1. The molecule has 9 heteroatoms. The van der Waals surface area contributed by atoms with Crippen LogP contribution in [0.15, 0.2) is 48.7 Å². The van der Waals surface area contributed by atoms with Crippen LogP contribution in [0.2, 0.25) is 0 Å². The van der Waals surface area contributed by atoms with Gasteiger partial charge in [-0.2, -0.15) is 0 Å². The molecule has 0 fully saturated rings. The van der Waals surface area contributed by atoms with Gasteiger partial charge >= 0.3 is 5.69 Å². The lowest BCUT2D eigenvalue weighted by Gasteiger charge is -2.05. The number of nitro groups is 1. The summed E-state index contributed by atoms with van der Waals surface area (Å²) in [6.45, 7) is 0. The molecule has 0 atom stereocenters. The molecule has 0 unspecified atom stereocenters. The lowest BCUT2D eigenvalue weighted by Crippen LogP contribution is -2.12. The van der Waals surface area contributed by atoms with Crippen LogP contribution in [0.3, 0.4) is 0 Å². The Morgan fingerprint density at radius 3 is 2.70 bits per heavy atom. The molecule has 27 heavy (non-hydrogen) atoms. The minimum absolute atomic E-state index is 0.0763. The maximum Gasteiger partial charge on any atom is 0.311 e. The summed E-state index contributed by atoms with van der Waals surface area (Å²) in [4.78, 5) is 27.8. The molecule has 0 saturated carbocycles. The van der Waals surface area contributed by atoms with Crippen LogP contribution in [0, 0.1) is 15.9 Å². The summed E-state index contributed by atoms with van der Waals surface area (Å²) in [5, 5.41) is 14.1. The second kappa shape index (κ2) is 7.92.